The first-order valence-electron chi connectivity index (χ1n) is 10.1. The molecular weight excluding hydrogens is 410 g/mol. The number of aromatic nitrogens is 4. The van der Waals surface area contributed by atoms with Crippen molar-refractivity contribution in [3.8, 4) is 35.3 Å². The van der Waals surface area contributed by atoms with Crippen LogP contribution in [-0.2, 0) is 0 Å². The maximum Gasteiger partial charge on any atom is 0.164 e. The molecule has 154 valence electrons. The Bertz CT molecular complexity index is 1630. The molecule has 33 heavy (non-hydrogen) atoms. The van der Waals surface area contributed by atoms with Crippen molar-refractivity contribution in [1.29, 1.82) is 15.8 Å². The molecule has 0 fully saturated rings. The van der Waals surface area contributed by atoms with Gasteiger partial charge in [0.1, 0.15) is 11.6 Å². The second-order valence-electron chi connectivity index (χ2n) is 7.62. The van der Waals surface area contributed by atoms with Gasteiger partial charge in [-0.25, -0.2) is 15.0 Å². The summed E-state index contributed by atoms with van der Waals surface area (Å²) in [4.78, 5) is 13.1. The van der Waals surface area contributed by atoms with Crippen molar-refractivity contribution in [2.75, 3.05) is 0 Å². The van der Waals surface area contributed by atoms with E-state index in [1.807, 2.05) is 41.0 Å². The molecule has 7 heteroatoms. The molecule has 5 rings (SSSR count). The van der Waals surface area contributed by atoms with Crippen LogP contribution in [0.4, 0.5) is 0 Å². The number of rotatable bonds is 2. The topological polar surface area (TPSA) is 115 Å². The van der Waals surface area contributed by atoms with Gasteiger partial charge in [0.05, 0.1) is 45.9 Å². The van der Waals surface area contributed by atoms with Crippen molar-refractivity contribution in [2.24, 2.45) is 0 Å². The van der Waals surface area contributed by atoms with Crippen LogP contribution >= 0.6 is 0 Å². The molecule has 0 aliphatic heterocycles. The fourth-order valence-electron chi connectivity index (χ4n) is 4.13. The van der Waals surface area contributed by atoms with E-state index in [0.717, 1.165) is 27.5 Å². The maximum absolute atomic E-state index is 9.72. The molecule has 0 amide bonds. The summed E-state index contributed by atoms with van der Waals surface area (Å²) < 4.78 is 2.00. The molecular formula is C26H15N7. The summed E-state index contributed by atoms with van der Waals surface area (Å²) in [7, 11) is 0. The molecule has 0 saturated carbocycles. The minimum atomic E-state index is 0.426. The summed E-state index contributed by atoms with van der Waals surface area (Å²) in [5, 5.41) is 30.6. The standard InChI is InChI=1S/C26H15N7/c1-15-30-16(2)32-26(31-15)23-11-20(6-5-19(23)14-29)33-24-9-17(12-27)3-7-21(24)22-8-4-18(13-28)10-25(22)33/h3-11H,1-2H3. The normalized spacial score (nSPS) is 10.6. The molecule has 0 bridgehead atoms. The molecule has 3 aromatic carbocycles. The fourth-order valence-corrected chi connectivity index (χ4v) is 4.13. The number of nitrogens with zero attached hydrogens (tertiary/aromatic N) is 7. The van der Waals surface area contributed by atoms with Gasteiger partial charge in [0.2, 0.25) is 0 Å². The molecule has 5 aromatic rings. The van der Waals surface area contributed by atoms with Crippen molar-refractivity contribution in [3.63, 3.8) is 0 Å². The zero-order valence-corrected chi connectivity index (χ0v) is 17.8. The predicted octanol–water partition coefficient (Wildman–Crippen LogP) is 4.87. The van der Waals surface area contributed by atoms with E-state index >= 15 is 0 Å². The monoisotopic (exact) mass is 425 g/mol. The van der Waals surface area contributed by atoms with Crippen molar-refractivity contribution >= 4 is 21.8 Å². The summed E-state index contributed by atoms with van der Waals surface area (Å²) in [5.41, 5.74) is 4.53. The van der Waals surface area contributed by atoms with Crippen LogP contribution < -0.4 is 0 Å². The van der Waals surface area contributed by atoms with E-state index in [1.165, 1.54) is 0 Å². The Kier molecular flexibility index (Phi) is 4.56. The van der Waals surface area contributed by atoms with Gasteiger partial charge in [-0.2, -0.15) is 15.8 Å². The molecule has 0 aliphatic rings. The fraction of sp³-hybridized carbons (Fsp3) is 0.0769. The number of hydrogen-bond acceptors (Lipinski definition) is 6. The van der Waals surface area contributed by atoms with E-state index in [0.29, 0.717) is 39.7 Å². The van der Waals surface area contributed by atoms with Gasteiger partial charge in [0, 0.05) is 22.0 Å². The van der Waals surface area contributed by atoms with Gasteiger partial charge in [-0.3, -0.25) is 0 Å². The zero-order valence-electron chi connectivity index (χ0n) is 17.8. The van der Waals surface area contributed by atoms with Gasteiger partial charge in [0.25, 0.3) is 0 Å². The Labute approximate surface area is 189 Å². The Morgan fingerprint density at radius 2 is 1.24 bits per heavy atom. The van der Waals surface area contributed by atoms with Gasteiger partial charge in [-0.1, -0.05) is 12.1 Å². The number of benzene rings is 3. The molecule has 7 nitrogen and oxygen atoms in total. The van der Waals surface area contributed by atoms with E-state index in [9.17, 15) is 15.8 Å². The number of hydrogen-bond donors (Lipinski definition) is 0. The lowest BCUT2D eigenvalue weighted by molar-refractivity contribution is 0.927. The lowest BCUT2D eigenvalue weighted by Gasteiger charge is -2.11. The van der Waals surface area contributed by atoms with Crippen molar-refractivity contribution in [1.82, 2.24) is 19.5 Å². The summed E-state index contributed by atoms with van der Waals surface area (Å²) in [6.07, 6.45) is 0. The highest BCUT2D eigenvalue weighted by atomic mass is 15.0. The highest BCUT2D eigenvalue weighted by Gasteiger charge is 2.17. The highest BCUT2D eigenvalue weighted by Crippen LogP contribution is 2.34. The first kappa shape index (κ1) is 19.9. The van der Waals surface area contributed by atoms with Crippen molar-refractivity contribution in [2.45, 2.75) is 13.8 Å². The Morgan fingerprint density at radius 1 is 0.667 bits per heavy atom. The summed E-state index contributed by atoms with van der Waals surface area (Å²) in [5.74, 6) is 1.57. The van der Waals surface area contributed by atoms with Gasteiger partial charge in [-0.05, 0) is 56.3 Å². The lowest BCUT2D eigenvalue weighted by atomic mass is 10.1. The molecule has 0 atom stereocenters. The predicted molar refractivity (Wildman–Crippen MR) is 123 cm³/mol. The minimum Gasteiger partial charge on any atom is -0.309 e. The first-order chi connectivity index (χ1) is 16.0. The van der Waals surface area contributed by atoms with Crippen LogP contribution in [0.2, 0.25) is 0 Å². The second-order valence-corrected chi connectivity index (χ2v) is 7.62. The quantitative estimate of drug-likeness (QED) is 0.398. The molecule has 0 unspecified atom stereocenters. The second kappa shape index (κ2) is 7.57. The van der Waals surface area contributed by atoms with Crippen LogP contribution in [0.3, 0.4) is 0 Å². The maximum atomic E-state index is 9.72. The average Bonchev–Trinajstić information content (AvgIpc) is 3.15. The SMILES string of the molecule is Cc1nc(C)nc(-c2cc(-n3c4cc(C#N)ccc4c4ccc(C#N)cc43)ccc2C#N)n1. The Morgan fingerprint density at radius 3 is 1.76 bits per heavy atom. The molecule has 0 saturated heterocycles. The third-order valence-electron chi connectivity index (χ3n) is 5.51. The van der Waals surface area contributed by atoms with E-state index in [2.05, 4.69) is 33.2 Å². The third-order valence-corrected chi connectivity index (χ3v) is 5.51. The lowest BCUT2D eigenvalue weighted by Crippen LogP contribution is -2.02. The van der Waals surface area contributed by atoms with Crippen LogP contribution in [0, 0.1) is 47.8 Å². The van der Waals surface area contributed by atoms with Crippen LogP contribution in [0.1, 0.15) is 28.3 Å². The van der Waals surface area contributed by atoms with Gasteiger partial charge in [-0.15, -0.1) is 0 Å². The zero-order chi connectivity index (χ0) is 23.1. The van der Waals surface area contributed by atoms with E-state index in [4.69, 9.17) is 0 Å². The number of fused-ring (bicyclic) bond motifs is 3. The van der Waals surface area contributed by atoms with E-state index < -0.39 is 0 Å². The van der Waals surface area contributed by atoms with Gasteiger partial charge >= 0.3 is 0 Å². The first-order valence-corrected chi connectivity index (χ1v) is 10.1. The van der Waals surface area contributed by atoms with Gasteiger partial charge in [0.15, 0.2) is 5.82 Å². The number of aryl methyl sites for hydroxylation is 2. The van der Waals surface area contributed by atoms with Gasteiger partial charge < -0.3 is 4.57 Å². The molecule has 0 radical (unpaired) electrons. The van der Waals surface area contributed by atoms with Crippen molar-refractivity contribution in [3.05, 3.63) is 82.9 Å². The average molecular weight is 425 g/mol. The summed E-state index contributed by atoms with van der Waals surface area (Å²) in [6.45, 7) is 3.57. The third kappa shape index (κ3) is 3.24. The minimum absolute atomic E-state index is 0.426. The molecule has 2 heterocycles. The van der Waals surface area contributed by atoms with E-state index in [-0.39, 0.29) is 0 Å². The summed E-state index contributed by atoms with van der Waals surface area (Å²) >= 11 is 0. The molecule has 0 spiro atoms. The van der Waals surface area contributed by atoms with Crippen LogP contribution in [0.5, 0.6) is 0 Å². The Hall–Kier alpha value is -5.06. The Balaban J connectivity index is 1.88. The van der Waals surface area contributed by atoms with Crippen LogP contribution in [-0.4, -0.2) is 19.5 Å². The highest BCUT2D eigenvalue weighted by molar-refractivity contribution is 6.10. The largest absolute Gasteiger partial charge is 0.309 e. The molecule has 0 N–H and O–H groups in total. The van der Waals surface area contributed by atoms with E-state index in [1.54, 1.807) is 32.0 Å². The molecule has 2 aromatic heterocycles. The van der Waals surface area contributed by atoms with Crippen LogP contribution in [0.15, 0.2) is 54.6 Å². The molecule has 0 aliphatic carbocycles. The summed E-state index contributed by atoms with van der Waals surface area (Å²) in [6, 6.07) is 23.1. The number of nitriles is 3. The van der Waals surface area contributed by atoms with Crippen molar-refractivity contribution < 1.29 is 0 Å². The van der Waals surface area contributed by atoms with Crippen LogP contribution in [0.25, 0.3) is 38.9 Å². The smallest absolute Gasteiger partial charge is 0.164 e.